The lowest BCUT2D eigenvalue weighted by Gasteiger charge is -2.34. The fourth-order valence-electron chi connectivity index (χ4n) is 4.10. The van der Waals surface area contributed by atoms with Crippen molar-refractivity contribution < 1.29 is 4.74 Å². The average Bonchev–Trinajstić information content (AvgIpc) is 3.58. The zero-order valence-electron chi connectivity index (χ0n) is 19.4. The van der Waals surface area contributed by atoms with Crippen LogP contribution in [0.25, 0.3) is 5.70 Å². The molecule has 5 nitrogen and oxygen atoms in total. The van der Waals surface area contributed by atoms with Crippen LogP contribution >= 0.6 is 0 Å². The Labute approximate surface area is 185 Å². The Morgan fingerprint density at radius 1 is 1.19 bits per heavy atom. The monoisotopic (exact) mass is 418 g/mol. The molecule has 1 saturated heterocycles. The predicted molar refractivity (Wildman–Crippen MR) is 128 cm³/mol. The van der Waals surface area contributed by atoms with Gasteiger partial charge >= 0.3 is 0 Å². The first-order chi connectivity index (χ1) is 14.9. The number of piperazine rings is 1. The average molecular weight is 419 g/mol. The van der Waals surface area contributed by atoms with E-state index >= 15 is 0 Å². The summed E-state index contributed by atoms with van der Waals surface area (Å²) in [6, 6.07) is 9.09. The van der Waals surface area contributed by atoms with E-state index in [1.165, 1.54) is 29.7 Å². The maximum atomic E-state index is 5.56. The molecule has 2 fully saturated rings. The van der Waals surface area contributed by atoms with Crippen LogP contribution in [0, 0.1) is 13.8 Å². The molecule has 5 heteroatoms. The molecule has 1 aromatic heterocycles. The quantitative estimate of drug-likeness (QED) is 0.795. The molecule has 1 atom stereocenters. The molecule has 1 aromatic carbocycles. The van der Waals surface area contributed by atoms with E-state index in [1.54, 1.807) is 7.11 Å². The third-order valence-electron chi connectivity index (χ3n) is 6.06. The van der Waals surface area contributed by atoms with Gasteiger partial charge in [0.2, 0.25) is 0 Å². The van der Waals surface area contributed by atoms with Crippen molar-refractivity contribution in [2.75, 3.05) is 31.6 Å². The predicted octanol–water partition coefficient (Wildman–Crippen LogP) is 4.11. The molecule has 0 spiro atoms. The molecule has 4 rings (SSSR count). The van der Waals surface area contributed by atoms with E-state index in [1.807, 2.05) is 0 Å². The number of hydrogen-bond donors (Lipinski definition) is 1. The van der Waals surface area contributed by atoms with E-state index in [0.717, 1.165) is 47.7 Å². The van der Waals surface area contributed by atoms with Gasteiger partial charge in [-0.3, -0.25) is 0 Å². The second-order valence-corrected chi connectivity index (χ2v) is 8.79. The molecule has 2 aliphatic rings. The lowest BCUT2D eigenvalue weighted by Crippen LogP contribution is -2.49. The normalized spacial score (nSPS) is 19.6. The first-order valence-electron chi connectivity index (χ1n) is 11.2. The molecule has 0 radical (unpaired) electrons. The van der Waals surface area contributed by atoms with Crippen LogP contribution in [-0.2, 0) is 7.05 Å². The number of anilines is 1. The van der Waals surface area contributed by atoms with Crippen LogP contribution in [0.15, 0.2) is 53.2 Å². The third-order valence-corrected chi connectivity index (χ3v) is 6.06. The number of benzene rings is 1. The molecular weight excluding hydrogens is 384 g/mol. The molecule has 2 heterocycles. The summed E-state index contributed by atoms with van der Waals surface area (Å²) in [7, 11) is 3.81. The minimum atomic E-state index is 0.505. The summed E-state index contributed by atoms with van der Waals surface area (Å²) in [5.74, 6) is 0.891. The van der Waals surface area contributed by atoms with Gasteiger partial charge in [-0.25, -0.2) is 4.99 Å². The van der Waals surface area contributed by atoms with E-state index in [-0.39, 0.29) is 0 Å². The zero-order chi connectivity index (χ0) is 22.0. The van der Waals surface area contributed by atoms with Crippen molar-refractivity contribution in [1.29, 1.82) is 0 Å². The first-order valence-corrected chi connectivity index (χ1v) is 11.2. The van der Waals surface area contributed by atoms with Gasteiger partial charge in [-0.15, -0.1) is 0 Å². The van der Waals surface area contributed by atoms with Gasteiger partial charge in [0.05, 0.1) is 18.5 Å². The van der Waals surface area contributed by atoms with Gasteiger partial charge < -0.3 is 19.5 Å². The van der Waals surface area contributed by atoms with Crippen LogP contribution in [0.3, 0.4) is 0 Å². The molecule has 1 N–H and O–H groups in total. The molecule has 0 bridgehead atoms. The molecule has 2 aromatic rings. The molecule has 1 saturated carbocycles. The van der Waals surface area contributed by atoms with E-state index in [9.17, 15) is 0 Å². The van der Waals surface area contributed by atoms with Crippen LogP contribution in [0.5, 0.6) is 5.75 Å². The van der Waals surface area contributed by atoms with Gasteiger partial charge in [0.1, 0.15) is 11.2 Å². The van der Waals surface area contributed by atoms with Gasteiger partial charge in [-0.1, -0.05) is 23.8 Å². The van der Waals surface area contributed by atoms with Gasteiger partial charge in [0.25, 0.3) is 0 Å². The SMILES string of the molecule is COc1cc(/C(=C/C=C2CC2)N=c2c(C)cc(N3CCN[C@H](C)C3)cn2C)ccc1C. The Hall–Kier alpha value is -2.79. The Morgan fingerprint density at radius 2 is 2.00 bits per heavy atom. The van der Waals surface area contributed by atoms with E-state index in [4.69, 9.17) is 9.73 Å². The summed E-state index contributed by atoms with van der Waals surface area (Å²) in [4.78, 5) is 7.58. The smallest absolute Gasteiger partial charge is 0.136 e. The highest BCUT2D eigenvalue weighted by Crippen LogP contribution is 2.29. The number of allylic oxidation sites excluding steroid dienone is 3. The summed E-state index contributed by atoms with van der Waals surface area (Å²) in [5.41, 5.74) is 8.05. The van der Waals surface area contributed by atoms with Crippen molar-refractivity contribution in [2.24, 2.45) is 12.0 Å². The summed E-state index contributed by atoms with van der Waals surface area (Å²) < 4.78 is 7.72. The van der Waals surface area contributed by atoms with E-state index < -0.39 is 0 Å². The number of hydrogen-bond acceptors (Lipinski definition) is 4. The van der Waals surface area contributed by atoms with Crippen molar-refractivity contribution in [2.45, 2.75) is 39.7 Å². The number of pyridine rings is 1. The van der Waals surface area contributed by atoms with E-state index in [0.29, 0.717) is 6.04 Å². The van der Waals surface area contributed by atoms with Gasteiger partial charge in [0.15, 0.2) is 0 Å². The largest absolute Gasteiger partial charge is 0.496 e. The number of aromatic nitrogens is 1. The molecule has 31 heavy (non-hydrogen) atoms. The van der Waals surface area contributed by atoms with Crippen LogP contribution in [-0.4, -0.2) is 37.4 Å². The Morgan fingerprint density at radius 3 is 2.68 bits per heavy atom. The summed E-state index contributed by atoms with van der Waals surface area (Å²) in [6.45, 7) is 9.53. The second-order valence-electron chi connectivity index (χ2n) is 8.79. The zero-order valence-corrected chi connectivity index (χ0v) is 19.4. The first kappa shape index (κ1) is 21.4. The fraction of sp³-hybridized carbons (Fsp3) is 0.423. The van der Waals surface area contributed by atoms with Crippen molar-refractivity contribution in [3.8, 4) is 5.75 Å². The lowest BCUT2D eigenvalue weighted by atomic mass is 10.1. The van der Waals surface area contributed by atoms with Crippen LogP contribution in [0.4, 0.5) is 5.69 Å². The van der Waals surface area contributed by atoms with E-state index in [2.05, 4.69) is 85.2 Å². The molecule has 164 valence electrons. The van der Waals surface area contributed by atoms with Crippen LogP contribution in [0.1, 0.15) is 36.5 Å². The van der Waals surface area contributed by atoms with Gasteiger partial charge in [-0.05, 0) is 62.9 Å². The fourth-order valence-corrected chi connectivity index (χ4v) is 4.10. The van der Waals surface area contributed by atoms with Crippen LogP contribution in [0.2, 0.25) is 0 Å². The maximum Gasteiger partial charge on any atom is 0.136 e. The number of rotatable bonds is 5. The highest BCUT2D eigenvalue weighted by atomic mass is 16.5. The van der Waals surface area contributed by atoms with Gasteiger partial charge in [0, 0.05) is 44.5 Å². The van der Waals surface area contributed by atoms with Crippen molar-refractivity contribution >= 4 is 11.4 Å². The lowest BCUT2D eigenvalue weighted by molar-refractivity contribution is 0.411. The minimum absolute atomic E-state index is 0.505. The third kappa shape index (κ3) is 5.10. The second kappa shape index (κ2) is 9.15. The van der Waals surface area contributed by atoms with Gasteiger partial charge in [-0.2, -0.15) is 0 Å². The highest BCUT2D eigenvalue weighted by Gasteiger charge is 2.17. The molecule has 1 aliphatic carbocycles. The van der Waals surface area contributed by atoms with Crippen LogP contribution < -0.4 is 20.4 Å². The van der Waals surface area contributed by atoms with Crippen molar-refractivity contribution in [3.05, 3.63) is 70.4 Å². The number of nitrogens with zero attached hydrogens (tertiary/aromatic N) is 3. The number of ether oxygens (including phenoxy) is 1. The molecule has 1 aliphatic heterocycles. The minimum Gasteiger partial charge on any atom is -0.496 e. The Balaban J connectivity index is 1.75. The summed E-state index contributed by atoms with van der Waals surface area (Å²) >= 11 is 0. The number of nitrogens with one attached hydrogen (secondary N) is 1. The standard InChI is InChI=1S/C26H34N4O/c1-18-6-10-22(15-25(18)31-5)24(11-9-21-7-8-21)28-26-19(2)14-23(17-29(26)4)30-13-12-27-20(3)16-30/h6,9-11,14-15,17,20,27H,7-8,12-13,16H2,1-5H3/b24-11-,28-26?/t20-/m1/s1. The summed E-state index contributed by atoms with van der Waals surface area (Å²) in [6.07, 6.45) is 8.97. The number of aryl methyl sites for hydroxylation is 3. The Kier molecular flexibility index (Phi) is 6.33. The summed E-state index contributed by atoms with van der Waals surface area (Å²) in [5, 5.41) is 3.52. The Bertz CT molecular complexity index is 1060. The number of methoxy groups -OCH3 is 1. The highest BCUT2D eigenvalue weighted by molar-refractivity contribution is 5.68. The van der Waals surface area contributed by atoms with Crippen molar-refractivity contribution in [1.82, 2.24) is 9.88 Å². The molecule has 0 unspecified atom stereocenters. The topological polar surface area (TPSA) is 41.8 Å². The molecule has 0 amide bonds. The molecular formula is C26H34N4O. The van der Waals surface area contributed by atoms with Crippen molar-refractivity contribution in [3.63, 3.8) is 0 Å². The maximum absolute atomic E-state index is 5.56.